The Balaban J connectivity index is 2.22. The molecule has 1 aliphatic carbocycles. The van der Waals surface area contributed by atoms with Gasteiger partial charge in [0, 0.05) is 16.3 Å². The summed E-state index contributed by atoms with van der Waals surface area (Å²) in [6.45, 7) is 0. The van der Waals surface area contributed by atoms with E-state index in [1.807, 2.05) is 0 Å². The van der Waals surface area contributed by atoms with E-state index in [1.54, 1.807) is 18.2 Å². The third-order valence-corrected chi connectivity index (χ3v) is 3.36. The second kappa shape index (κ2) is 5.00. The number of rotatable bonds is 0. The molecule has 3 N–H and O–H groups in total. The van der Waals surface area contributed by atoms with Gasteiger partial charge >= 0.3 is 0 Å². The molecule has 0 bridgehead atoms. The van der Waals surface area contributed by atoms with Crippen molar-refractivity contribution < 1.29 is 5.11 Å². The smallest absolute Gasteiger partial charge is 0.125 e. The van der Waals surface area contributed by atoms with Crippen LogP contribution in [0.5, 0.6) is 0 Å². The number of aliphatic hydroxyl groups is 1. The van der Waals surface area contributed by atoms with Crippen LogP contribution < -0.4 is 5.73 Å². The van der Waals surface area contributed by atoms with Gasteiger partial charge in [0.25, 0.3) is 0 Å². The Kier molecular flexibility index (Phi) is 3.61. The Labute approximate surface area is 107 Å². The van der Waals surface area contributed by atoms with Crippen molar-refractivity contribution in [2.24, 2.45) is 0 Å². The van der Waals surface area contributed by atoms with Gasteiger partial charge in [-0.2, -0.15) is 0 Å². The number of anilines is 1. The van der Waals surface area contributed by atoms with Crippen molar-refractivity contribution in [1.82, 2.24) is 0 Å². The highest BCUT2D eigenvalue weighted by atomic mass is 35.5. The van der Waals surface area contributed by atoms with E-state index in [9.17, 15) is 5.11 Å². The number of benzene rings is 1. The Morgan fingerprint density at radius 3 is 2.65 bits per heavy atom. The van der Waals surface area contributed by atoms with Crippen molar-refractivity contribution in [3.63, 3.8) is 0 Å². The zero-order valence-electron chi connectivity index (χ0n) is 9.67. The summed E-state index contributed by atoms with van der Waals surface area (Å²) in [5, 5.41) is 10.9. The average Bonchev–Trinajstić information content (AvgIpc) is 2.31. The quantitative estimate of drug-likeness (QED) is 0.549. The van der Waals surface area contributed by atoms with Gasteiger partial charge in [-0.3, -0.25) is 0 Å². The van der Waals surface area contributed by atoms with Gasteiger partial charge in [-0.1, -0.05) is 29.9 Å². The molecule has 0 spiro atoms. The number of hydrogen-bond acceptors (Lipinski definition) is 2. The Morgan fingerprint density at radius 2 is 1.94 bits per heavy atom. The zero-order chi connectivity index (χ0) is 12.3. The summed E-state index contributed by atoms with van der Waals surface area (Å²) in [5.41, 5.74) is 6.25. The number of halogens is 1. The van der Waals surface area contributed by atoms with Gasteiger partial charge in [-0.25, -0.2) is 0 Å². The average molecular weight is 250 g/mol. The summed E-state index contributed by atoms with van der Waals surface area (Å²) >= 11 is 5.89. The van der Waals surface area contributed by atoms with Crippen LogP contribution in [0.2, 0.25) is 5.02 Å². The minimum absolute atomic E-state index is 0.598. The molecular weight excluding hydrogens is 234 g/mol. The fraction of sp³-hybridized carbons (Fsp3) is 0.429. The zero-order valence-corrected chi connectivity index (χ0v) is 10.4. The van der Waals surface area contributed by atoms with Crippen molar-refractivity contribution in [1.29, 1.82) is 0 Å². The lowest BCUT2D eigenvalue weighted by Crippen LogP contribution is -2.29. The number of hydrogen-bond donors (Lipinski definition) is 2. The molecule has 2 nitrogen and oxygen atoms in total. The minimum Gasteiger partial charge on any atom is -0.398 e. The first-order valence-corrected chi connectivity index (χ1v) is 6.27. The van der Waals surface area contributed by atoms with E-state index in [4.69, 9.17) is 17.3 Å². The number of nitrogen functional groups attached to an aromatic ring is 1. The standard InChI is InChI=1S/C14H16ClNO/c15-12-4-5-13(16)11(10-12)6-9-14(17)7-2-1-3-8-14/h4-5,10,17H,1-3,7-8,16H2. The lowest BCUT2D eigenvalue weighted by molar-refractivity contribution is 0.0610. The van der Waals surface area contributed by atoms with E-state index in [-0.39, 0.29) is 0 Å². The summed E-state index contributed by atoms with van der Waals surface area (Å²) in [4.78, 5) is 0. The van der Waals surface area contributed by atoms with E-state index < -0.39 is 5.60 Å². The van der Waals surface area contributed by atoms with E-state index >= 15 is 0 Å². The highest BCUT2D eigenvalue weighted by Gasteiger charge is 2.26. The van der Waals surface area contributed by atoms with Gasteiger partial charge < -0.3 is 10.8 Å². The van der Waals surface area contributed by atoms with Crippen LogP contribution in [-0.2, 0) is 0 Å². The maximum atomic E-state index is 10.2. The fourth-order valence-electron chi connectivity index (χ4n) is 2.08. The van der Waals surface area contributed by atoms with Crippen LogP contribution in [0.4, 0.5) is 5.69 Å². The number of nitrogens with two attached hydrogens (primary N) is 1. The maximum Gasteiger partial charge on any atom is 0.125 e. The lowest BCUT2D eigenvalue weighted by Gasteiger charge is -2.26. The molecule has 1 aromatic carbocycles. The summed E-state index contributed by atoms with van der Waals surface area (Å²) in [6.07, 6.45) is 4.76. The highest BCUT2D eigenvalue weighted by molar-refractivity contribution is 6.30. The Bertz CT molecular complexity index is 467. The van der Waals surface area contributed by atoms with Gasteiger partial charge in [-0.05, 0) is 43.9 Å². The molecule has 0 saturated heterocycles. The molecule has 17 heavy (non-hydrogen) atoms. The van der Waals surface area contributed by atoms with Crippen LogP contribution in [0.15, 0.2) is 18.2 Å². The van der Waals surface area contributed by atoms with Crippen LogP contribution >= 0.6 is 11.6 Å². The molecule has 90 valence electrons. The van der Waals surface area contributed by atoms with Gasteiger partial charge in [0.05, 0.1) is 0 Å². The summed E-state index contributed by atoms with van der Waals surface area (Å²) in [6, 6.07) is 5.20. The van der Waals surface area contributed by atoms with Crippen LogP contribution in [-0.4, -0.2) is 10.7 Å². The molecule has 1 aliphatic rings. The monoisotopic (exact) mass is 249 g/mol. The van der Waals surface area contributed by atoms with Gasteiger partial charge in [0.2, 0.25) is 0 Å². The maximum absolute atomic E-state index is 10.2. The molecule has 0 unspecified atom stereocenters. The summed E-state index contributed by atoms with van der Waals surface area (Å²) in [7, 11) is 0. The molecule has 2 rings (SSSR count). The third-order valence-electron chi connectivity index (χ3n) is 3.13. The van der Waals surface area contributed by atoms with Crippen LogP contribution in [0.1, 0.15) is 37.7 Å². The highest BCUT2D eigenvalue weighted by Crippen LogP contribution is 2.27. The van der Waals surface area contributed by atoms with Crippen molar-refractivity contribution in [3.8, 4) is 11.8 Å². The first-order valence-electron chi connectivity index (χ1n) is 5.90. The first kappa shape index (κ1) is 12.3. The van der Waals surface area contributed by atoms with E-state index in [2.05, 4.69) is 11.8 Å². The largest absolute Gasteiger partial charge is 0.398 e. The van der Waals surface area contributed by atoms with Crippen LogP contribution in [0.3, 0.4) is 0 Å². The Hall–Kier alpha value is -1.17. The van der Waals surface area contributed by atoms with Gasteiger partial charge in [0.1, 0.15) is 5.60 Å². The molecule has 1 aromatic rings. The molecule has 0 aromatic heterocycles. The minimum atomic E-state index is -0.840. The van der Waals surface area contributed by atoms with Crippen molar-refractivity contribution >= 4 is 17.3 Å². The second-order valence-electron chi connectivity index (χ2n) is 4.57. The fourth-order valence-corrected chi connectivity index (χ4v) is 2.25. The molecule has 0 radical (unpaired) electrons. The first-order chi connectivity index (χ1) is 8.09. The molecule has 0 amide bonds. The molecule has 1 saturated carbocycles. The van der Waals surface area contributed by atoms with E-state index in [0.717, 1.165) is 25.7 Å². The predicted molar refractivity (Wildman–Crippen MR) is 70.8 cm³/mol. The SMILES string of the molecule is Nc1ccc(Cl)cc1C#CC1(O)CCCCC1. The van der Waals surface area contributed by atoms with Crippen LogP contribution in [0, 0.1) is 11.8 Å². The third kappa shape index (κ3) is 3.15. The van der Waals surface area contributed by atoms with E-state index in [1.165, 1.54) is 6.42 Å². The molecule has 0 heterocycles. The van der Waals surface area contributed by atoms with Gasteiger partial charge in [0.15, 0.2) is 0 Å². The van der Waals surface area contributed by atoms with Crippen molar-refractivity contribution in [2.45, 2.75) is 37.7 Å². The molecule has 3 heteroatoms. The second-order valence-corrected chi connectivity index (χ2v) is 5.01. The lowest BCUT2D eigenvalue weighted by atomic mass is 9.85. The predicted octanol–water partition coefficient (Wildman–Crippen LogP) is 2.97. The Morgan fingerprint density at radius 1 is 1.24 bits per heavy atom. The van der Waals surface area contributed by atoms with Crippen molar-refractivity contribution in [3.05, 3.63) is 28.8 Å². The molecule has 0 aliphatic heterocycles. The topological polar surface area (TPSA) is 46.2 Å². The van der Waals surface area contributed by atoms with Crippen molar-refractivity contribution in [2.75, 3.05) is 5.73 Å². The molecular formula is C14H16ClNO. The summed E-state index contributed by atoms with van der Waals surface area (Å²) in [5.74, 6) is 5.90. The summed E-state index contributed by atoms with van der Waals surface area (Å²) < 4.78 is 0. The molecule has 0 atom stereocenters. The normalized spacial score (nSPS) is 18.2. The van der Waals surface area contributed by atoms with E-state index in [0.29, 0.717) is 16.3 Å². The van der Waals surface area contributed by atoms with Gasteiger partial charge in [-0.15, -0.1) is 0 Å². The molecule has 1 fully saturated rings. The van der Waals surface area contributed by atoms with Crippen LogP contribution in [0.25, 0.3) is 0 Å².